The van der Waals surface area contributed by atoms with Crippen LogP contribution < -0.4 is 16.2 Å². The lowest BCUT2D eigenvalue weighted by Crippen LogP contribution is -2.50. The van der Waals surface area contributed by atoms with Crippen LogP contribution in [0.2, 0.25) is 0 Å². The van der Waals surface area contributed by atoms with E-state index >= 15 is 0 Å². The number of hydrogen-bond acceptors (Lipinski definition) is 4. The molecule has 1 amide bonds. The maximum absolute atomic E-state index is 12.8. The third-order valence-corrected chi connectivity index (χ3v) is 8.18. The topological polar surface area (TPSA) is 90.5 Å². The molecule has 0 aromatic heterocycles. The third kappa shape index (κ3) is 5.31. The number of hydrogen-bond donors (Lipinski definition) is 3. The van der Waals surface area contributed by atoms with Crippen molar-refractivity contribution in [3.8, 4) is 0 Å². The summed E-state index contributed by atoms with van der Waals surface area (Å²) in [5.41, 5.74) is 5.71. The van der Waals surface area contributed by atoms with Crippen molar-refractivity contribution in [2.24, 2.45) is 11.8 Å². The Morgan fingerprint density at radius 2 is 1.73 bits per heavy atom. The first-order chi connectivity index (χ1) is 14.3. The van der Waals surface area contributed by atoms with Crippen molar-refractivity contribution in [1.82, 2.24) is 20.5 Å². The summed E-state index contributed by atoms with van der Waals surface area (Å²) in [6.45, 7) is 4.87. The number of thiocarbonyl (C=S) groups is 1. The standard InChI is InChI=1S/C21H32N4O3S2/c1-3-11-25(12-4-2)30(27,28)18-9-7-16(8-10-18)20(26)23-24-21(29)22-19-14-15-5-6-17(19)13-15/h7-10,15,17,19H,3-6,11-14H2,1-2H3,(H,23,26)(H2,22,24,29)/t15-,17+,19-/m1/s1. The molecule has 3 atom stereocenters. The van der Waals surface area contributed by atoms with Crippen molar-refractivity contribution in [2.75, 3.05) is 13.1 Å². The van der Waals surface area contributed by atoms with Crippen LogP contribution in [0.5, 0.6) is 0 Å². The number of benzene rings is 1. The fourth-order valence-corrected chi connectivity index (χ4v) is 6.42. The maximum Gasteiger partial charge on any atom is 0.269 e. The molecule has 0 aliphatic heterocycles. The van der Waals surface area contributed by atoms with Gasteiger partial charge in [0.25, 0.3) is 5.91 Å². The zero-order valence-corrected chi connectivity index (χ0v) is 19.3. The quantitative estimate of drug-likeness (QED) is 0.415. The monoisotopic (exact) mass is 452 g/mol. The van der Waals surface area contributed by atoms with Crippen LogP contribution in [0, 0.1) is 11.8 Å². The van der Waals surface area contributed by atoms with Crippen LogP contribution in [-0.2, 0) is 10.0 Å². The van der Waals surface area contributed by atoms with Crippen molar-refractivity contribution < 1.29 is 13.2 Å². The van der Waals surface area contributed by atoms with Crippen LogP contribution in [0.1, 0.15) is 62.7 Å². The first-order valence-electron chi connectivity index (χ1n) is 10.8. The molecule has 9 heteroatoms. The molecule has 2 bridgehead atoms. The minimum absolute atomic E-state index is 0.197. The number of fused-ring (bicyclic) bond motifs is 2. The number of nitrogens with zero attached hydrogens (tertiary/aromatic N) is 1. The molecule has 1 aromatic rings. The van der Waals surface area contributed by atoms with Crippen molar-refractivity contribution in [3.63, 3.8) is 0 Å². The van der Waals surface area contributed by atoms with Crippen LogP contribution in [0.25, 0.3) is 0 Å². The summed E-state index contributed by atoms with van der Waals surface area (Å²) < 4.78 is 27.1. The summed E-state index contributed by atoms with van der Waals surface area (Å²) in [5.74, 6) is 1.13. The molecule has 166 valence electrons. The zero-order valence-electron chi connectivity index (χ0n) is 17.7. The van der Waals surface area contributed by atoms with Crippen LogP contribution in [0.4, 0.5) is 0 Å². The van der Waals surface area contributed by atoms with Gasteiger partial charge in [0.05, 0.1) is 4.90 Å². The molecule has 3 rings (SSSR count). The number of sulfonamides is 1. The number of carbonyl (C=O) groups excluding carboxylic acids is 1. The van der Waals surface area contributed by atoms with E-state index < -0.39 is 10.0 Å². The molecule has 0 heterocycles. The molecule has 2 aliphatic carbocycles. The minimum atomic E-state index is -3.56. The van der Waals surface area contributed by atoms with E-state index in [1.807, 2.05) is 13.8 Å². The Labute approximate surface area is 185 Å². The van der Waals surface area contributed by atoms with Gasteiger partial charge in [0.1, 0.15) is 0 Å². The van der Waals surface area contributed by atoms with Gasteiger partial charge in [-0.3, -0.25) is 15.6 Å². The molecule has 2 aliphatic rings. The van der Waals surface area contributed by atoms with Gasteiger partial charge in [-0.2, -0.15) is 4.31 Å². The van der Waals surface area contributed by atoms with E-state index in [4.69, 9.17) is 12.2 Å². The fraction of sp³-hybridized carbons (Fsp3) is 0.619. The second kappa shape index (κ2) is 10.1. The predicted molar refractivity (Wildman–Crippen MR) is 121 cm³/mol. The molecule has 7 nitrogen and oxygen atoms in total. The van der Waals surface area contributed by atoms with Gasteiger partial charge in [0.2, 0.25) is 10.0 Å². The molecular weight excluding hydrogens is 420 g/mol. The molecule has 30 heavy (non-hydrogen) atoms. The van der Waals surface area contributed by atoms with E-state index in [0.717, 1.165) is 25.2 Å². The molecule has 1 aromatic carbocycles. The maximum atomic E-state index is 12.8. The van der Waals surface area contributed by atoms with E-state index in [1.54, 1.807) is 0 Å². The average molecular weight is 453 g/mol. The molecule has 0 saturated heterocycles. The van der Waals surface area contributed by atoms with E-state index in [2.05, 4.69) is 16.2 Å². The van der Waals surface area contributed by atoms with Gasteiger partial charge in [-0.25, -0.2) is 8.42 Å². The highest BCUT2D eigenvalue weighted by Gasteiger charge is 2.39. The smallest absolute Gasteiger partial charge is 0.269 e. The SMILES string of the molecule is CCCN(CCC)S(=O)(=O)c1ccc(C(=O)NNC(=S)N[C@@H]2C[C@@H]3CC[C@H]2C3)cc1. The normalized spacial score (nSPS) is 22.8. The van der Waals surface area contributed by atoms with E-state index in [-0.39, 0.29) is 10.8 Å². The minimum Gasteiger partial charge on any atom is -0.358 e. The van der Waals surface area contributed by atoms with Crippen LogP contribution in [0.3, 0.4) is 0 Å². The Morgan fingerprint density at radius 1 is 1.07 bits per heavy atom. The highest BCUT2D eigenvalue weighted by Crippen LogP contribution is 2.44. The fourth-order valence-electron chi connectivity index (χ4n) is 4.59. The van der Waals surface area contributed by atoms with Crippen LogP contribution >= 0.6 is 12.2 Å². The number of rotatable bonds is 8. The highest BCUT2D eigenvalue weighted by atomic mass is 32.2. The first-order valence-corrected chi connectivity index (χ1v) is 12.7. The Kier molecular flexibility index (Phi) is 7.70. The van der Waals surface area contributed by atoms with Crippen molar-refractivity contribution in [1.29, 1.82) is 0 Å². The molecule has 2 fully saturated rings. The van der Waals surface area contributed by atoms with Crippen molar-refractivity contribution >= 4 is 33.3 Å². The molecule has 0 spiro atoms. The second-order valence-electron chi connectivity index (χ2n) is 8.26. The van der Waals surface area contributed by atoms with E-state index in [0.29, 0.717) is 35.7 Å². The van der Waals surface area contributed by atoms with Gasteiger partial charge in [0, 0.05) is 24.7 Å². The average Bonchev–Trinajstić information content (AvgIpc) is 3.35. The lowest BCUT2D eigenvalue weighted by atomic mass is 9.96. The Bertz CT molecular complexity index is 852. The lowest BCUT2D eigenvalue weighted by Gasteiger charge is -2.24. The van der Waals surface area contributed by atoms with Gasteiger partial charge in [-0.15, -0.1) is 0 Å². The first kappa shape index (κ1) is 23.0. The Balaban J connectivity index is 1.53. The van der Waals surface area contributed by atoms with E-state index in [1.165, 1.54) is 47.8 Å². The third-order valence-electron chi connectivity index (χ3n) is 6.04. The summed E-state index contributed by atoms with van der Waals surface area (Å²) in [6, 6.07) is 6.39. The number of hydrazine groups is 1. The predicted octanol–water partition coefficient (Wildman–Crippen LogP) is 2.79. The zero-order chi connectivity index (χ0) is 21.7. The number of nitrogens with one attached hydrogen (secondary N) is 3. The van der Waals surface area contributed by atoms with E-state index in [9.17, 15) is 13.2 Å². The number of amides is 1. The highest BCUT2D eigenvalue weighted by molar-refractivity contribution is 7.89. The van der Waals surface area contributed by atoms with Crippen molar-refractivity contribution in [3.05, 3.63) is 29.8 Å². The summed E-state index contributed by atoms with van der Waals surface area (Å²) >= 11 is 5.30. The van der Waals surface area contributed by atoms with Crippen LogP contribution in [0.15, 0.2) is 29.2 Å². The summed E-state index contributed by atoms with van der Waals surface area (Å²) in [7, 11) is -3.56. The molecule has 0 unspecified atom stereocenters. The largest absolute Gasteiger partial charge is 0.358 e. The molecular formula is C21H32N4O3S2. The van der Waals surface area contributed by atoms with Gasteiger partial charge in [0.15, 0.2) is 5.11 Å². The molecule has 0 radical (unpaired) electrons. The Hall–Kier alpha value is -1.71. The van der Waals surface area contributed by atoms with Gasteiger partial charge in [-0.1, -0.05) is 20.3 Å². The summed E-state index contributed by atoms with van der Waals surface area (Å²) in [6.07, 6.45) is 6.49. The Morgan fingerprint density at radius 3 is 2.27 bits per heavy atom. The molecule has 3 N–H and O–H groups in total. The van der Waals surface area contributed by atoms with Gasteiger partial charge in [-0.05, 0) is 80.4 Å². The number of carbonyl (C=O) groups is 1. The van der Waals surface area contributed by atoms with Crippen LogP contribution in [-0.4, -0.2) is 42.9 Å². The van der Waals surface area contributed by atoms with Gasteiger partial charge >= 0.3 is 0 Å². The van der Waals surface area contributed by atoms with Crippen molar-refractivity contribution in [2.45, 2.75) is 63.3 Å². The van der Waals surface area contributed by atoms with Gasteiger partial charge < -0.3 is 5.32 Å². The lowest BCUT2D eigenvalue weighted by molar-refractivity contribution is 0.0943. The molecule has 2 saturated carbocycles. The second-order valence-corrected chi connectivity index (χ2v) is 10.6. The summed E-state index contributed by atoms with van der Waals surface area (Å²) in [5, 5.41) is 3.72. The summed E-state index contributed by atoms with van der Waals surface area (Å²) in [4.78, 5) is 12.6.